The molecule has 0 aliphatic rings. The van der Waals surface area contributed by atoms with E-state index in [9.17, 15) is 14.0 Å². The van der Waals surface area contributed by atoms with Gasteiger partial charge in [-0.1, -0.05) is 11.6 Å². The zero-order valence-electron chi connectivity index (χ0n) is 10.8. The predicted molar refractivity (Wildman–Crippen MR) is 74.1 cm³/mol. The van der Waals surface area contributed by atoms with E-state index in [1.165, 1.54) is 36.4 Å². The fourth-order valence-electron chi connectivity index (χ4n) is 1.73. The minimum atomic E-state index is -0.582. The first-order chi connectivity index (χ1) is 9.47. The normalized spacial score (nSPS) is 10.1. The van der Waals surface area contributed by atoms with Crippen molar-refractivity contribution in [3.8, 4) is 0 Å². The number of halogens is 1. The number of anilines is 1. The molecule has 5 heteroatoms. The number of nitrogens with two attached hydrogens (primary N) is 1. The van der Waals surface area contributed by atoms with Gasteiger partial charge in [0.2, 0.25) is 5.91 Å². The molecule has 0 saturated carbocycles. The topological polar surface area (TPSA) is 72.2 Å². The van der Waals surface area contributed by atoms with E-state index in [1.807, 2.05) is 0 Å². The number of carbonyl (C=O) groups is 2. The monoisotopic (exact) mass is 272 g/mol. The van der Waals surface area contributed by atoms with Crippen LogP contribution in [0.2, 0.25) is 0 Å². The summed E-state index contributed by atoms with van der Waals surface area (Å²) in [5.74, 6) is -1.67. The van der Waals surface area contributed by atoms with Crippen LogP contribution in [0.1, 0.15) is 26.3 Å². The van der Waals surface area contributed by atoms with Gasteiger partial charge in [-0.2, -0.15) is 0 Å². The molecule has 3 N–H and O–H groups in total. The molecule has 0 fully saturated rings. The smallest absolute Gasteiger partial charge is 0.258 e. The second-order valence-electron chi connectivity index (χ2n) is 4.38. The molecule has 4 nitrogen and oxygen atoms in total. The molecule has 0 saturated heterocycles. The van der Waals surface area contributed by atoms with Gasteiger partial charge in [-0.25, -0.2) is 4.39 Å². The summed E-state index contributed by atoms with van der Waals surface area (Å²) in [5, 5.41) is 2.56. The first kappa shape index (κ1) is 13.7. The number of amides is 2. The molecule has 2 rings (SSSR count). The van der Waals surface area contributed by atoms with Crippen molar-refractivity contribution < 1.29 is 14.0 Å². The molecule has 0 aliphatic carbocycles. The van der Waals surface area contributed by atoms with E-state index < -0.39 is 17.6 Å². The summed E-state index contributed by atoms with van der Waals surface area (Å²) in [6, 6.07) is 10.4. The van der Waals surface area contributed by atoms with Crippen molar-refractivity contribution in [1.29, 1.82) is 0 Å². The minimum absolute atomic E-state index is 0.0241. The third kappa shape index (κ3) is 3.00. The largest absolute Gasteiger partial charge is 0.366 e. The summed E-state index contributed by atoms with van der Waals surface area (Å²) in [5.41, 5.74) is 6.68. The number of hydrogen-bond donors (Lipinski definition) is 2. The van der Waals surface area contributed by atoms with Gasteiger partial charge in [-0.15, -0.1) is 0 Å². The lowest BCUT2D eigenvalue weighted by Crippen LogP contribution is -2.15. The van der Waals surface area contributed by atoms with Gasteiger partial charge in [-0.3, -0.25) is 9.59 Å². The van der Waals surface area contributed by atoms with Crippen molar-refractivity contribution in [3.63, 3.8) is 0 Å². The molecule has 20 heavy (non-hydrogen) atoms. The number of rotatable bonds is 3. The van der Waals surface area contributed by atoms with Crippen LogP contribution in [0.15, 0.2) is 42.5 Å². The molecular weight excluding hydrogens is 259 g/mol. The van der Waals surface area contributed by atoms with E-state index in [4.69, 9.17) is 5.73 Å². The molecular formula is C15H13FN2O2. The molecule has 0 heterocycles. The fraction of sp³-hybridized carbons (Fsp3) is 0.0667. The van der Waals surface area contributed by atoms with Crippen molar-refractivity contribution in [2.24, 2.45) is 5.73 Å². The summed E-state index contributed by atoms with van der Waals surface area (Å²) in [6.45, 7) is 1.78. The molecule has 2 aromatic rings. The van der Waals surface area contributed by atoms with Crippen molar-refractivity contribution in [2.45, 2.75) is 6.92 Å². The van der Waals surface area contributed by atoms with Crippen molar-refractivity contribution in [1.82, 2.24) is 0 Å². The van der Waals surface area contributed by atoms with Crippen LogP contribution in [0, 0.1) is 12.7 Å². The van der Waals surface area contributed by atoms with Gasteiger partial charge in [0.05, 0.1) is 5.56 Å². The van der Waals surface area contributed by atoms with Crippen molar-refractivity contribution >= 4 is 17.5 Å². The van der Waals surface area contributed by atoms with Crippen molar-refractivity contribution in [2.75, 3.05) is 5.32 Å². The number of carbonyl (C=O) groups excluding carboxylic acids is 2. The molecule has 0 aliphatic heterocycles. The highest BCUT2D eigenvalue weighted by molar-refractivity contribution is 6.04. The number of primary amides is 1. The van der Waals surface area contributed by atoms with Gasteiger partial charge in [0.1, 0.15) is 5.82 Å². The minimum Gasteiger partial charge on any atom is -0.366 e. The van der Waals surface area contributed by atoms with Crippen LogP contribution in [0.3, 0.4) is 0 Å². The Morgan fingerprint density at radius 1 is 1.10 bits per heavy atom. The third-order valence-corrected chi connectivity index (χ3v) is 2.79. The fourth-order valence-corrected chi connectivity index (χ4v) is 1.73. The quantitative estimate of drug-likeness (QED) is 0.901. The van der Waals surface area contributed by atoms with Gasteiger partial charge in [0.25, 0.3) is 5.91 Å². The Bertz CT molecular complexity index is 666. The average molecular weight is 272 g/mol. The SMILES string of the molecule is Cc1ccc(F)c(C(=O)Nc2ccc(C(N)=O)cc2)c1. The predicted octanol–water partition coefficient (Wildman–Crippen LogP) is 2.49. The molecule has 0 aromatic heterocycles. The van der Waals surface area contributed by atoms with Gasteiger partial charge >= 0.3 is 0 Å². The molecule has 0 unspecified atom stereocenters. The second kappa shape index (κ2) is 5.52. The van der Waals surface area contributed by atoms with E-state index in [-0.39, 0.29) is 5.56 Å². The Kier molecular flexibility index (Phi) is 3.79. The van der Waals surface area contributed by atoms with E-state index >= 15 is 0 Å². The zero-order chi connectivity index (χ0) is 14.7. The average Bonchev–Trinajstić information content (AvgIpc) is 2.42. The van der Waals surface area contributed by atoms with E-state index in [2.05, 4.69) is 5.32 Å². The summed E-state index contributed by atoms with van der Waals surface area (Å²) < 4.78 is 13.6. The maximum absolute atomic E-state index is 13.6. The lowest BCUT2D eigenvalue weighted by Gasteiger charge is -2.07. The molecule has 2 aromatic carbocycles. The molecule has 0 spiro atoms. The van der Waals surface area contributed by atoms with Crippen LogP contribution in [0.25, 0.3) is 0 Å². The zero-order valence-corrected chi connectivity index (χ0v) is 10.8. The standard InChI is InChI=1S/C15H13FN2O2/c1-9-2-7-13(16)12(8-9)15(20)18-11-5-3-10(4-6-11)14(17)19/h2-8H,1H3,(H2,17,19)(H,18,20). The first-order valence-corrected chi connectivity index (χ1v) is 5.95. The van der Waals surface area contributed by atoms with Crippen LogP contribution in [0.4, 0.5) is 10.1 Å². The van der Waals surface area contributed by atoms with Gasteiger partial charge in [0, 0.05) is 11.3 Å². The Labute approximate surface area is 115 Å². The maximum atomic E-state index is 13.6. The maximum Gasteiger partial charge on any atom is 0.258 e. The summed E-state index contributed by atoms with van der Waals surface area (Å²) >= 11 is 0. The molecule has 2 amide bonds. The highest BCUT2D eigenvalue weighted by atomic mass is 19.1. The molecule has 102 valence electrons. The van der Waals surface area contributed by atoms with Crippen LogP contribution < -0.4 is 11.1 Å². The highest BCUT2D eigenvalue weighted by Crippen LogP contribution is 2.14. The summed E-state index contributed by atoms with van der Waals surface area (Å²) in [4.78, 5) is 22.9. The van der Waals surface area contributed by atoms with Crippen LogP contribution in [-0.4, -0.2) is 11.8 Å². The van der Waals surface area contributed by atoms with Crippen LogP contribution >= 0.6 is 0 Å². The molecule has 0 atom stereocenters. The lowest BCUT2D eigenvalue weighted by molar-refractivity contribution is 0.0998. The lowest BCUT2D eigenvalue weighted by atomic mass is 10.1. The number of nitrogens with one attached hydrogen (secondary N) is 1. The van der Waals surface area contributed by atoms with Gasteiger partial charge in [0.15, 0.2) is 0 Å². The van der Waals surface area contributed by atoms with Crippen molar-refractivity contribution in [3.05, 3.63) is 65.0 Å². The number of aryl methyl sites for hydroxylation is 1. The van der Waals surface area contributed by atoms with Gasteiger partial charge in [-0.05, 0) is 43.3 Å². The Hall–Kier alpha value is -2.69. The third-order valence-electron chi connectivity index (χ3n) is 2.79. The van der Waals surface area contributed by atoms with Gasteiger partial charge < -0.3 is 11.1 Å². The van der Waals surface area contributed by atoms with E-state index in [0.29, 0.717) is 11.3 Å². The first-order valence-electron chi connectivity index (χ1n) is 5.95. The molecule has 0 radical (unpaired) electrons. The van der Waals surface area contributed by atoms with Crippen LogP contribution in [-0.2, 0) is 0 Å². The number of benzene rings is 2. The Morgan fingerprint density at radius 2 is 1.75 bits per heavy atom. The Balaban J connectivity index is 2.19. The number of hydrogen-bond acceptors (Lipinski definition) is 2. The Morgan fingerprint density at radius 3 is 2.35 bits per heavy atom. The highest BCUT2D eigenvalue weighted by Gasteiger charge is 2.12. The summed E-state index contributed by atoms with van der Waals surface area (Å²) in [6.07, 6.45) is 0. The summed E-state index contributed by atoms with van der Waals surface area (Å²) in [7, 11) is 0. The van der Waals surface area contributed by atoms with Crippen LogP contribution in [0.5, 0.6) is 0 Å². The van der Waals surface area contributed by atoms with E-state index in [1.54, 1.807) is 13.0 Å². The van der Waals surface area contributed by atoms with E-state index in [0.717, 1.165) is 5.56 Å². The molecule has 0 bridgehead atoms. The second-order valence-corrected chi connectivity index (χ2v) is 4.38.